The van der Waals surface area contributed by atoms with Crippen LogP contribution in [0.3, 0.4) is 0 Å². The fourth-order valence-electron chi connectivity index (χ4n) is 2.28. The molecule has 1 nitrogen and oxygen atoms in total. The average Bonchev–Trinajstić information content (AvgIpc) is 2.60. The Kier molecular flexibility index (Phi) is 5.67. The molecular weight excluding hydrogens is 320 g/mol. The van der Waals surface area contributed by atoms with Crippen LogP contribution in [0.2, 0.25) is 0 Å². The molecule has 0 fully saturated rings. The van der Waals surface area contributed by atoms with Gasteiger partial charge in [-0.25, -0.2) is 0 Å². The highest BCUT2D eigenvalue weighted by Crippen LogP contribution is 2.28. The van der Waals surface area contributed by atoms with Gasteiger partial charge in [0.1, 0.15) is 5.75 Å². The molecule has 0 atom stereocenters. The highest BCUT2D eigenvalue weighted by Gasteiger charge is 2.03. The van der Waals surface area contributed by atoms with E-state index in [9.17, 15) is 5.11 Å². The van der Waals surface area contributed by atoms with Crippen LogP contribution in [0.15, 0.2) is 88.7 Å². The van der Waals surface area contributed by atoms with Crippen molar-refractivity contribution >= 4 is 23.5 Å². The second kappa shape index (κ2) is 8.14. The van der Waals surface area contributed by atoms with Gasteiger partial charge < -0.3 is 5.11 Å². The van der Waals surface area contributed by atoms with E-state index < -0.39 is 0 Å². The Morgan fingerprint density at radius 1 is 0.609 bits per heavy atom. The molecule has 1 N–H and O–H groups in total. The number of aromatic hydroxyl groups is 1. The van der Waals surface area contributed by atoms with Crippen LogP contribution in [0.4, 0.5) is 0 Å². The molecule has 0 saturated carbocycles. The molecule has 3 aromatic carbocycles. The van der Waals surface area contributed by atoms with Crippen LogP contribution in [-0.4, -0.2) is 5.11 Å². The van der Waals surface area contributed by atoms with Crippen LogP contribution in [0.25, 0.3) is 0 Å². The van der Waals surface area contributed by atoms with E-state index >= 15 is 0 Å². The predicted molar refractivity (Wildman–Crippen MR) is 100 cm³/mol. The van der Waals surface area contributed by atoms with E-state index in [1.807, 2.05) is 48.5 Å². The first-order valence-electron chi connectivity index (χ1n) is 7.47. The summed E-state index contributed by atoms with van der Waals surface area (Å²) in [6.45, 7) is 0. The van der Waals surface area contributed by atoms with E-state index in [1.165, 1.54) is 9.79 Å². The maximum Gasteiger partial charge on any atom is 0.116 e. The second-order valence-corrected chi connectivity index (χ2v) is 7.31. The van der Waals surface area contributed by atoms with Gasteiger partial charge in [0.05, 0.1) is 0 Å². The zero-order valence-corrected chi connectivity index (χ0v) is 14.3. The number of phenolic OH excluding ortho intramolecular Hbond substituents is 1. The third-order valence-corrected chi connectivity index (χ3v) is 5.50. The minimum Gasteiger partial charge on any atom is -0.508 e. The lowest BCUT2D eigenvalue weighted by Gasteiger charge is -2.07. The van der Waals surface area contributed by atoms with Crippen molar-refractivity contribution in [1.82, 2.24) is 0 Å². The van der Waals surface area contributed by atoms with Crippen molar-refractivity contribution < 1.29 is 5.11 Å². The number of thioether (sulfide) groups is 2. The summed E-state index contributed by atoms with van der Waals surface area (Å²) < 4.78 is 0. The van der Waals surface area contributed by atoms with Gasteiger partial charge in [0, 0.05) is 21.3 Å². The van der Waals surface area contributed by atoms with Gasteiger partial charge in [0.2, 0.25) is 0 Å². The molecule has 3 rings (SSSR count). The van der Waals surface area contributed by atoms with Crippen molar-refractivity contribution in [2.45, 2.75) is 21.3 Å². The summed E-state index contributed by atoms with van der Waals surface area (Å²) in [6.07, 6.45) is 0. The molecule has 116 valence electrons. The Morgan fingerprint density at radius 2 is 1.04 bits per heavy atom. The second-order valence-electron chi connectivity index (χ2n) is 5.21. The van der Waals surface area contributed by atoms with E-state index in [2.05, 4.69) is 30.3 Å². The molecule has 0 spiro atoms. The van der Waals surface area contributed by atoms with Gasteiger partial charge in [-0.2, -0.15) is 0 Å². The van der Waals surface area contributed by atoms with Gasteiger partial charge in [-0.05, 0) is 47.5 Å². The molecule has 0 aliphatic carbocycles. The van der Waals surface area contributed by atoms with Crippen molar-refractivity contribution in [2.24, 2.45) is 0 Å². The monoisotopic (exact) mass is 338 g/mol. The molecule has 0 aliphatic heterocycles. The topological polar surface area (TPSA) is 20.2 Å². The lowest BCUT2D eigenvalue weighted by Crippen LogP contribution is -1.87. The van der Waals surface area contributed by atoms with Crippen molar-refractivity contribution in [3.05, 3.63) is 90.0 Å². The highest BCUT2D eigenvalue weighted by atomic mass is 32.2. The smallest absolute Gasteiger partial charge is 0.116 e. The Morgan fingerprint density at radius 3 is 1.48 bits per heavy atom. The lowest BCUT2D eigenvalue weighted by atomic mass is 10.1. The van der Waals surface area contributed by atoms with Crippen molar-refractivity contribution in [2.75, 3.05) is 0 Å². The molecule has 0 aromatic heterocycles. The van der Waals surface area contributed by atoms with Crippen LogP contribution in [0.5, 0.6) is 5.75 Å². The zero-order valence-electron chi connectivity index (χ0n) is 12.7. The molecule has 0 radical (unpaired) electrons. The van der Waals surface area contributed by atoms with E-state index in [4.69, 9.17) is 0 Å². The first kappa shape index (κ1) is 16.0. The van der Waals surface area contributed by atoms with Crippen molar-refractivity contribution in [3.63, 3.8) is 0 Å². The molecule has 0 heterocycles. The third kappa shape index (κ3) is 5.08. The maximum absolute atomic E-state index is 9.97. The Hall–Kier alpha value is -1.84. The van der Waals surface area contributed by atoms with Gasteiger partial charge in [-0.3, -0.25) is 0 Å². The van der Waals surface area contributed by atoms with Gasteiger partial charge >= 0.3 is 0 Å². The first-order chi connectivity index (χ1) is 11.3. The minimum atomic E-state index is 0.347. The lowest BCUT2D eigenvalue weighted by molar-refractivity contribution is 0.474. The number of phenols is 1. The molecular formula is C20H18OS2. The SMILES string of the molecule is Oc1cc(CSc2ccccc2)cc(CSc2ccccc2)c1. The Labute approximate surface area is 145 Å². The fraction of sp³-hybridized carbons (Fsp3) is 0.100. The first-order valence-corrected chi connectivity index (χ1v) is 9.44. The molecule has 0 aliphatic rings. The summed E-state index contributed by atoms with van der Waals surface area (Å²) in [7, 11) is 0. The largest absolute Gasteiger partial charge is 0.508 e. The predicted octanol–water partition coefficient (Wildman–Crippen LogP) is 5.98. The molecule has 23 heavy (non-hydrogen) atoms. The Bertz CT molecular complexity index is 680. The molecule has 0 bridgehead atoms. The number of benzene rings is 3. The van der Waals surface area contributed by atoms with Crippen LogP contribution in [-0.2, 0) is 11.5 Å². The van der Waals surface area contributed by atoms with Gasteiger partial charge in [0.25, 0.3) is 0 Å². The summed E-state index contributed by atoms with van der Waals surface area (Å²) in [5.74, 6) is 2.07. The minimum absolute atomic E-state index is 0.347. The zero-order chi connectivity index (χ0) is 15.9. The Balaban J connectivity index is 1.64. The number of hydrogen-bond donors (Lipinski definition) is 1. The molecule has 0 unspecified atom stereocenters. The van der Waals surface area contributed by atoms with E-state index in [1.54, 1.807) is 23.5 Å². The third-order valence-electron chi connectivity index (χ3n) is 3.33. The van der Waals surface area contributed by atoms with Crippen LogP contribution >= 0.6 is 23.5 Å². The highest BCUT2D eigenvalue weighted by molar-refractivity contribution is 7.98. The summed E-state index contributed by atoms with van der Waals surface area (Å²) in [4.78, 5) is 2.49. The summed E-state index contributed by atoms with van der Waals surface area (Å²) >= 11 is 3.57. The summed E-state index contributed by atoms with van der Waals surface area (Å²) in [6, 6.07) is 26.6. The normalized spacial score (nSPS) is 10.6. The number of hydrogen-bond acceptors (Lipinski definition) is 3. The molecule has 3 heteroatoms. The van der Waals surface area contributed by atoms with E-state index in [0.29, 0.717) is 5.75 Å². The van der Waals surface area contributed by atoms with Crippen molar-refractivity contribution in [3.8, 4) is 5.75 Å². The average molecular weight is 338 g/mol. The molecule has 0 amide bonds. The van der Waals surface area contributed by atoms with Gasteiger partial charge in [-0.1, -0.05) is 42.5 Å². The standard InChI is InChI=1S/C20H18OS2/c21-18-12-16(14-22-19-7-3-1-4-8-19)11-17(13-18)15-23-20-9-5-2-6-10-20/h1-13,21H,14-15H2. The van der Waals surface area contributed by atoms with Gasteiger partial charge in [0.15, 0.2) is 0 Å². The maximum atomic E-state index is 9.97. The van der Waals surface area contributed by atoms with Crippen LogP contribution < -0.4 is 0 Å². The summed E-state index contributed by atoms with van der Waals surface area (Å²) in [5, 5.41) is 9.97. The molecule has 3 aromatic rings. The van der Waals surface area contributed by atoms with Crippen LogP contribution in [0.1, 0.15) is 11.1 Å². The fourth-order valence-corrected chi connectivity index (χ4v) is 3.98. The quantitative estimate of drug-likeness (QED) is 0.559. The number of rotatable bonds is 6. The molecule has 0 saturated heterocycles. The van der Waals surface area contributed by atoms with Crippen LogP contribution in [0, 0.1) is 0 Å². The van der Waals surface area contributed by atoms with E-state index in [0.717, 1.165) is 22.6 Å². The van der Waals surface area contributed by atoms with E-state index in [-0.39, 0.29) is 0 Å². The van der Waals surface area contributed by atoms with Gasteiger partial charge in [-0.15, -0.1) is 23.5 Å². The summed E-state index contributed by atoms with van der Waals surface area (Å²) in [5.41, 5.74) is 2.31. The van der Waals surface area contributed by atoms with Crippen molar-refractivity contribution in [1.29, 1.82) is 0 Å².